The van der Waals surface area contributed by atoms with E-state index in [-0.39, 0.29) is 0 Å². The second-order valence-corrected chi connectivity index (χ2v) is 6.07. The van der Waals surface area contributed by atoms with Crippen LogP contribution in [-0.4, -0.2) is 0 Å². The molecule has 1 atom stereocenters. The first-order chi connectivity index (χ1) is 8.93. The highest BCUT2D eigenvalue weighted by molar-refractivity contribution is 5.26. The molecular weight excluding hydrogens is 244 g/mol. The highest BCUT2D eigenvalue weighted by Crippen LogP contribution is 2.40. The van der Waals surface area contributed by atoms with Crippen LogP contribution < -0.4 is 5.73 Å². The summed E-state index contributed by atoms with van der Waals surface area (Å²) in [6.07, 6.45) is 5.65. The van der Waals surface area contributed by atoms with Gasteiger partial charge in [0.05, 0.1) is 0 Å². The monoisotopic (exact) mass is 267 g/mol. The summed E-state index contributed by atoms with van der Waals surface area (Å²) < 4.78 is 26.7. The van der Waals surface area contributed by atoms with Crippen molar-refractivity contribution in [2.45, 2.75) is 51.5 Å². The van der Waals surface area contributed by atoms with Crippen molar-refractivity contribution in [2.24, 2.45) is 17.6 Å². The van der Waals surface area contributed by atoms with E-state index in [9.17, 15) is 8.78 Å². The van der Waals surface area contributed by atoms with Gasteiger partial charge in [0.25, 0.3) is 0 Å². The minimum Gasteiger partial charge on any atom is -0.321 e. The Kier molecular flexibility index (Phi) is 4.24. The van der Waals surface area contributed by atoms with Gasteiger partial charge in [0, 0.05) is 11.6 Å². The van der Waals surface area contributed by atoms with Gasteiger partial charge in [-0.2, -0.15) is 0 Å². The van der Waals surface area contributed by atoms with E-state index < -0.39 is 17.2 Å². The van der Waals surface area contributed by atoms with E-state index in [0.717, 1.165) is 24.8 Å². The molecule has 0 radical (unpaired) electrons. The predicted molar refractivity (Wildman–Crippen MR) is 73.6 cm³/mol. The molecular formula is C16H23F2N. The summed E-state index contributed by atoms with van der Waals surface area (Å²) in [6, 6.07) is 3.64. The molecule has 0 spiro atoms. The number of benzene rings is 1. The molecule has 1 aliphatic carbocycles. The molecule has 0 aromatic heterocycles. The first-order valence-corrected chi connectivity index (χ1v) is 7.19. The van der Waals surface area contributed by atoms with Gasteiger partial charge in [0.15, 0.2) is 0 Å². The molecule has 1 nitrogen and oxygen atoms in total. The molecule has 3 heteroatoms. The lowest BCUT2D eigenvalue weighted by Gasteiger charge is -2.39. The van der Waals surface area contributed by atoms with Crippen molar-refractivity contribution in [2.75, 3.05) is 0 Å². The maximum Gasteiger partial charge on any atom is 0.126 e. The zero-order valence-corrected chi connectivity index (χ0v) is 11.8. The van der Waals surface area contributed by atoms with Crippen molar-refractivity contribution in [1.82, 2.24) is 0 Å². The quantitative estimate of drug-likeness (QED) is 0.865. The van der Waals surface area contributed by atoms with Crippen LogP contribution in [0.1, 0.15) is 51.5 Å². The first-order valence-electron chi connectivity index (χ1n) is 7.19. The normalized spacial score (nSPS) is 27.0. The molecule has 19 heavy (non-hydrogen) atoms. The maximum atomic E-state index is 13.3. The van der Waals surface area contributed by atoms with E-state index in [1.54, 1.807) is 0 Å². The molecule has 2 rings (SSSR count). The van der Waals surface area contributed by atoms with Gasteiger partial charge in [-0.05, 0) is 49.3 Å². The number of hydrogen-bond donors (Lipinski definition) is 1. The van der Waals surface area contributed by atoms with Crippen LogP contribution in [0.3, 0.4) is 0 Å². The van der Waals surface area contributed by atoms with E-state index in [0.29, 0.717) is 11.5 Å². The minimum absolute atomic E-state index is 0.302. The molecule has 0 aliphatic heterocycles. The van der Waals surface area contributed by atoms with Crippen molar-refractivity contribution < 1.29 is 8.78 Å². The summed E-state index contributed by atoms with van der Waals surface area (Å²) in [5.41, 5.74) is 6.33. The number of nitrogens with two attached hydrogens (primary N) is 1. The Morgan fingerprint density at radius 1 is 1.11 bits per heavy atom. The molecule has 1 aromatic carbocycles. The van der Waals surface area contributed by atoms with Crippen LogP contribution in [-0.2, 0) is 5.54 Å². The van der Waals surface area contributed by atoms with Gasteiger partial charge in [0.1, 0.15) is 11.6 Å². The van der Waals surface area contributed by atoms with E-state index in [1.807, 2.05) is 6.92 Å². The molecule has 1 fully saturated rings. The molecule has 1 aliphatic rings. The van der Waals surface area contributed by atoms with Gasteiger partial charge in [-0.25, -0.2) is 8.78 Å². The fraction of sp³-hybridized carbons (Fsp3) is 0.625. The standard InChI is InChI=1S/C16H23F2N/c1-3-11-4-6-12(7-5-11)16(2,19)13-8-14(17)10-15(18)9-13/h8-12H,3-7,19H2,1-2H3. The smallest absolute Gasteiger partial charge is 0.126 e. The van der Waals surface area contributed by atoms with E-state index in [2.05, 4.69) is 6.92 Å². The molecule has 106 valence electrons. The van der Waals surface area contributed by atoms with Crippen LogP contribution in [0.15, 0.2) is 18.2 Å². The largest absolute Gasteiger partial charge is 0.321 e. The lowest BCUT2D eigenvalue weighted by Crippen LogP contribution is -2.43. The van der Waals surface area contributed by atoms with Crippen LogP contribution in [0.25, 0.3) is 0 Å². The molecule has 0 heterocycles. The van der Waals surface area contributed by atoms with Gasteiger partial charge in [-0.1, -0.05) is 26.2 Å². The Morgan fingerprint density at radius 3 is 2.11 bits per heavy atom. The third-order valence-electron chi connectivity index (χ3n) is 4.76. The Balaban J connectivity index is 2.17. The van der Waals surface area contributed by atoms with E-state index in [4.69, 9.17) is 5.73 Å². The average Bonchev–Trinajstić information content (AvgIpc) is 2.37. The first kappa shape index (κ1) is 14.4. The van der Waals surface area contributed by atoms with Crippen LogP contribution in [0.5, 0.6) is 0 Å². The highest BCUT2D eigenvalue weighted by Gasteiger charge is 2.35. The molecule has 0 bridgehead atoms. The number of hydrogen-bond acceptors (Lipinski definition) is 1. The lowest BCUT2D eigenvalue weighted by molar-refractivity contribution is 0.182. The van der Waals surface area contributed by atoms with Crippen LogP contribution in [0, 0.1) is 23.5 Å². The third-order valence-corrected chi connectivity index (χ3v) is 4.76. The highest BCUT2D eigenvalue weighted by atomic mass is 19.1. The molecule has 0 saturated heterocycles. The molecule has 1 unspecified atom stereocenters. The van der Waals surface area contributed by atoms with Crippen molar-refractivity contribution in [3.8, 4) is 0 Å². The lowest BCUT2D eigenvalue weighted by atomic mass is 9.70. The molecule has 1 aromatic rings. The van der Waals surface area contributed by atoms with Crippen molar-refractivity contribution >= 4 is 0 Å². The Bertz CT molecular complexity index is 414. The van der Waals surface area contributed by atoms with Crippen LogP contribution >= 0.6 is 0 Å². The predicted octanol–water partition coefficient (Wildman–Crippen LogP) is 4.36. The molecule has 0 amide bonds. The van der Waals surface area contributed by atoms with Crippen LogP contribution in [0.2, 0.25) is 0 Å². The summed E-state index contributed by atoms with van der Waals surface area (Å²) in [6.45, 7) is 4.12. The summed E-state index contributed by atoms with van der Waals surface area (Å²) >= 11 is 0. The zero-order chi connectivity index (χ0) is 14.0. The van der Waals surface area contributed by atoms with Gasteiger partial charge >= 0.3 is 0 Å². The van der Waals surface area contributed by atoms with Crippen molar-refractivity contribution in [1.29, 1.82) is 0 Å². The SMILES string of the molecule is CCC1CCC(C(C)(N)c2cc(F)cc(F)c2)CC1. The Labute approximate surface area is 114 Å². The zero-order valence-electron chi connectivity index (χ0n) is 11.8. The summed E-state index contributed by atoms with van der Waals surface area (Å²) in [5.74, 6) is -0.00404. The second kappa shape index (κ2) is 5.58. The van der Waals surface area contributed by atoms with E-state index >= 15 is 0 Å². The molecule has 2 N–H and O–H groups in total. The summed E-state index contributed by atoms with van der Waals surface area (Å²) in [4.78, 5) is 0. The third kappa shape index (κ3) is 3.14. The summed E-state index contributed by atoms with van der Waals surface area (Å²) in [5, 5.41) is 0. The summed E-state index contributed by atoms with van der Waals surface area (Å²) in [7, 11) is 0. The van der Waals surface area contributed by atoms with Gasteiger partial charge in [-0.3, -0.25) is 0 Å². The fourth-order valence-corrected chi connectivity index (χ4v) is 3.27. The minimum atomic E-state index is -0.651. The van der Waals surface area contributed by atoms with Crippen molar-refractivity contribution in [3.63, 3.8) is 0 Å². The molecule has 1 saturated carbocycles. The van der Waals surface area contributed by atoms with Gasteiger partial charge in [-0.15, -0.1) is 0 Å². The van der Waals surface area contributed by atoms with Gasteiger partial charge < -0.3 is 5.73 Å². The second-order valence-electron chi connectivity index (χ2n) is 6.07. The Morgan fingerprint density at radius 2 is 1.63 bits per heavy atom. The Hall–Kier alpha value is -0.960. The average molecular weight is 267 g/mol. The van der Waals surface area contributed by atoms with E-state index in [1.165, 1.54) is 31.4 Å². The maximum absolute atomic E-state index is 13.3. The topological polar surface area (TPSA) is 26.0 Å². The van der Waals surface area contributed by atoms with Crippen molar-refractivity contribution in [3.05, 3.63) is 35.4 Å². The number of halogens is 2. The fourth-order valence-electron chi connectivity index (χ4n) is 3.27. The van der Waals surface area contributed by atoms with Gasteiger partial charge in [0.2, 0.25) is 0 Å². The number of rotatable bonds is 3. The van der Waals surface area contributed by atoms with Crippen LogP contribution in [0.4, 0.5) is 8.78 Å².